The molecule has 0 aliphatic rings. The summed E-state index contributed by atoms with van der Waals surface area (Å²) in [5.74, 6) is 0. The molecule has 0 aliphatic carbocycles. The quantitative estimate of drug-likeness (QED) is 0.718. The number of anilines is 1. The van der Waals surface area contributed by atoms with E-state index in [1.165, 1.54) is 15.3 Å². The van der Waals surface area contributed by atoms with E-state index in [1.54, 1.807) is 0 Å². The number of imidazole rings is 1. The topological polar surface area (TPSA) is 43.8 Å². The Labute approximate surface area is 116 Å². The van der Waals surface area contributed by atoms with Crippen LogP contribution in [0.5, 0.6) is 0 Å². The maximum absolute atomic E-state index is 5.80. The molecular weight excluding hydrogens is 254 g/mol. The van der Waals surface area contributed by atoms with Gasteiger partial charge in [0.05, 0.1) is 23.4 Å². The van der Waals surface area contributed by atoms with Gasteiger partial charge in [0.25, 0.3) is 0 Å². The molecule has 1 unspecified atom stereocenters. The highest BCUT2D eigenvalue weighted by atomic mass is 32.1. The molecule has 2 heterocycles. The number of nitrogens with zero attached hydrogens (tertiary/aromatic N) is 2. The van der Waals surface area contributed by atoms with Gasteiger partial charge in [0.15, 0.2) is 0 Å². The van der Waals surface area contributed by atoms with Crippen LogP contribution >= 0.6 is 11.3 Å². The molecule has 0 saturated heterocycles. The molecule has 2 N–H and O–H groups in total. The molecule has 3 rings (SSSR count). The lowest BCUT2D eigenvalue weighted by molar-refractivity contribution is 0.656. The van der Waals surface area contributed by atoms with E-state index in [0.717, 1.165) is 16.7 Å². The number of aromatic nitrogens is 2. The molecule has 3 aromatic rings. The standard InChI is InChI=1S/C15H17N3S/c1-9-6-13(11(3)19-9)10(2)18-8-17-14-7-12(16)4-5-15(14)18/h4-8,10H,16H2,1-3H3. The fourth-order valence-electron chi connectivity index (χ4n) is 2.57. The smallest absolute Gasteiger partial charge is 0.0964 e. The van der Waals surface area contributed by atoms with Crippen molar-refractivity contribution in [3.8, 4) is 0 Å². The van der Waals surface area contributed by atoms with E-state index in [0.29, 0.717) is 6.04 Å². The van der Waals surface area contributed by atoms with Gasteiger partial charge in [0.2, 0.25) is 0 Å². The third kappa shape index (κ3) is 2.02. The first-order valence-corrected chi connectivity index (χ1v) is 7.17. The van der Waals surface area contributed by atoms with Crippen LogP contribution < -0.4 is 5.73 Å². The maximum atomic E-state index is 5.80. The largest absolute Gasteiger partial charge is 0.399 e. The van der Waals surface area contributed by atoms with E-state index in [-0.39, 0.29) is 0 Å². The van der Waals surface area contributed by atoms with Crippen molar-refractivity contribution in [1.82, 2.24) is 9.55 Å². The Morgan fingerprint density at radius 2 is 2.05 bits per heavy atom. The molecular formula is C15H17N3S. The summed E-state index contributed by atoms with van der Waals surface area (Å²) in [5, 5.41) is 0. The summed E-state index contributed by atoms with van der Waals surface area (Å²) in [6, 6.07) is 8.46. The highest BCUT2D eigenvalue weighted by Gasteiger charge is 2.15. The Morgan fingerprint density at radius 1 is 1.26 bits per heavy atom. The molecule has 0 saturated carbocycles. The first-order chi connectivity index (χ1) is 9.06. The fourth-order valence-corrected chi connectivity index (χ4v) is 3.59. The first-order valence-electron chi connectivity index (χ1n) is 6.35. The predicted octanol–water partition coefficient (Wildman–Crippen LogP) is 3.91. The van der Waals surface area contributed by atoms with Gasteiger partial charge in [-0.2, -0.15) is 0 Å². The average Bonchev–Trinajstić information content (AvgIpc) is 2.91. The summed E-state index contributed by atoms with van der Waals surface area (Å²) >= 11 is 1.85. The van der Waals surface area contributed by atoms with Gasteiger partial charge in [-0.05, 0) is 50.6 Å². The molecule has 0 bridgehead atoms. The summed E-state index contributed by atoms with van der Waals surface area (Å²) < 4.78 is 2.21. The summed E-state index contributed by atoms with van der Waals surface area (Å²) in [6.07, 6.45) is 1.90. The lowest BCUT2D eigenvalue weighted by Gasteiger charge is -2.14. The van der Waals surface area contributed by atoms with E-state index in [9.17, 15) is 0 Å². The van der Waals surface area contributed by atoms with E-state index < -0.39 is 0 Å². The number of nitrogen functional groups attached to an aromatic ring is 1. The maximum Gasteiger partial charge on any atom is 0.0964 e. The zero-order chi connectivity index (χ0) is 13.6. The molecule has 3 nitrogen and oxygen atoms in total. The Balaban J connectivity index is 2.11. The number of benzene rings is 1. The van der Waals surface area contributed by atoms with Crippen molar-refractivity contribution in [1.29, 1.82) is 0 Å². The van der Waals surface area contributed by atoms with Crippen LogP contribution in [0.25, 0.3) is 11.0 Å². The second kappa shape index (κ2) is 4.38. The number of hydrogen-bond donors (Lipinski definition) is 1. The molecule has 2 aromatic heterocycles. The van der Waals surface area contributed by atoms with Gasteiger partial charge in [0, 0.05) is 15.4 Å². The highest BCUT2D eigenvalue weighted by molar-refractivity contribution is 7.12. The number of thiophene rings is 1. The van der Waals surface area contributed by atoms with Crippen LogP contribution in [-0.2, 0) is 0 Å². The van der Waals surface area contributed by atoms with Crippen molar-refractivity contribution in [3.05, 3.63) is 45.9 Å². The third-order valence-corrected chi connectivity index (χ3v) is 4.53. The van der Waals surface area contributed by atoms with Gasteiger partial charge in [-0.3, -0.25) is 0 Å². The van der Waals surface area contributed by atoms with Crippen molar-refractivity contribution in [2.75, 3.05) is 5.73 Å². The van der Waals surface area contributed by atoms with Crippen LogP contribution in [0.3, 0.4) is 0 Å². The predicted molar refractivity (Wildman–Crippen MR) is 81.8 cm³/mol. The lowest BCUT2D eigenvalue weighted by Crippen LogP contribution is -2.05. The third-order valence-electron chi connectivity index (χ3n) is 3.55. The van der Waals surface area contributed by atoms with Gasteiger partial charge >= 0.3 is 0 Å². The minimum atomic E-state index is 0.290. The second-order valence-corrected chi connectivity index (χ2v) is 6.40. The van der Waals surface area contributed by atoms with E-state index in [4.69, 9.17) is 5.73 Å². The first kappa shape index (κ1) is 12.2. The van der Waals surface area contributed by atoms with Gasteiger partial charge in [-0.25, -0.2) is 4.98 Å². The lowest BCUT2D eigenvalue weighted by atomic mass is 10.1. The van der Waals surface area contributed by atoms with Gasteiger partial charge < -0.3 is 10.3 Å². The Hall–Kier alpha value is -1.81. The van der Waals surface area contributed by atoms with Crippen LogP contribution in [0.15, 0.2) is 30.6 Å². The molecule has 0 amide bonds. The molecule has 98 valence electrons. The van der Waals surface area contributed by atoms with Crippen molar-refractivity contribution < 1.29 is 0 Å². The second-order valence-electron chi connectivity index (χ2n) is 4.94. The zero-order valence-electron chi connectivity index (χ0n) is 11.3. The number of rotatable bonds is 2. The Bertz CT molecular complexity index is 739. The summed E-state index contributed by atoms with van der Waals surface area (Å²) in [5.41, 5.74) is 10.0. The summed E-state index contributed by atoms with van der Waals surface area (Å²) in [6.45, 7) is 6.55. The minimum absolute atomic E-state index is 0.290. The molecule has 4 heteroatoms. The van der Waals surface area contributed by atoms with E-state index in [1.807, 2.05) is 35.9 Å². The van der Waals surface area contributed by atoms with Crippen LogP contribution in [-0.4, -0.2) is 9.55 Å². The number of aryl methyl sites for hydroxylation is 2. The fraction of sp³-hybridized carbons (Fsp3) is 0.267. The van der Waals surface area contributed by atoms with Crippen molar-refractivity contribution in [3.63, 3.8) is 0 Å². The highest BCUT2D eigenvalue weighted by Crippen LogP contribution is 2.30. The van der Waals surface area contributed by atoms with Gasteiger partial charge in [-0.15, -0.1) is 11.3 Å². The molecule has 0 fully saturated rings. The molecule has 0 aliphatic heterocycles. The van der Waals surface area contributed by atoms with E-state index >= 15 is 0 Å². The Kier molecular flexibility index (Phi) is 2.82. The summed E-state index contributed by atoms with van der Waals surface area (Å²) in [7, 11) is 0. The number of hydrogen-bond acceptors (Lipinski definition) is 3. The Morgan fingerprint density at radius 3 is 2.74 bits per heavy atom. The van der Waals surface area contributed by atoms with Gasteiger partial charge in [-0.1, -0.05) is 0 Å². The monoisotopic (exact) mass is 271 g/mol. The van der Waals surface area contributed by atoms with Crippen LogP contribution in [0.1, 0.15) is 28.3 Å². The molecule has 1 atom stereocenters. The molecule has 1 aromatic carbocycles. The molecule has 0 spiro atoms. The number of nitrogens with two attached hydrogens (primary N) is 1. The van der Waals surface area contributed by atoms with Crippen molar-refractivity contribution in [2.45, 2.75) is 26.8 Å². The number of fused-ring (bicyclic) bond motifs is 1. The van der Waals surface area contributed by atoms with E-state index in [2.05, 4.69) is 36.4 Å². The van der Waals surface area contributed by atoms with Crippen LogP contribution in [0.4, 0.5) is 5.69 Å². The normalized spacial score (nSPS) is 13.0. The minimum Gasteiger partial charge on any atom is -0.399 e. The average molecular weight is 271 g/mol. The molecule has 0 radical (unpaired) electrons. The SMILES string of the molecule is Cc1cc(C(C)n2cnc3cc(N)ccc32)c(C)s1. The summed E-state index contributed by atoms with van der Waals surface area (Å²) in [4.78, 5) is 7.18. The van der Waals surface area contributed by atoms with Crippen LogP contribution in [0.2, 0.25) is 0 Å². The van der Waals surface area contributed by atoms with Crippen molar-refractivity contribution >= 4 is 28.1 Å². The van der Waals surface area contributed by atoms with Gasteiger partial charge in [0.1, 0.15) is 0 Å². The molecule has 19 heavy (non-hydrogen) atoms. The van der Waals surface area contributed by atoms with Crippen molar-refractivity contribution in [2.24, 2.45) is 0 Å². The van der Waals surface area contributed by atoms with Crippen LogP contribution in [0, 0.1) is 13.8 Å². The zero-order valence-corrected chi connectivity index (χ0v) is 12.2.